The largest absolute Gasteiger partial charge is 0.492 e. The highest BCUT2D eigenvalue weighted by Gasteiger charge is 2.30. The van der Waals surface area contributed by atoms with Crippen LogP contribution in [0.5, 0.6) is 5.88 Å². The Morgan fingerprint density at radius 1 is 1.22 bits per heavy atom. The van der Waals surface area contributed by atoms with Gasteiger partial charge in [0, 0.05) is 6.42 Å². The molecule has 1 unspecified atom stereocenters. The van der Waals surface area contributed by atoms with Crippen molar-refractivity contribution in [1.29, 1.82) is 0 Å². The van der Waals surface area contributed by atoms with Gasteiger partial charge in [-0.15, -0.1) is 5.10 Å². The van der Waals surface area contributed by atoms with Crippen molar-refractivity contribution in [2.45, 2.75) is 32.2 Å². The van der Waals surface area contributed by atoms with Gasteiger partial charge in [0.15, 0.2) is 5.82 Å². The minimum atomic E-state index is 0.0808. The Morgan fingerprint density at radius 2 is 1.96 bits per heavy atom. The smallest absolute Gasteiger partial charge is 0.230 e. The van der Waals surface area contributed by atoms with E-state index in [0.717, 1.165) is 35.2 Å². The number of aromatic nitrogens is 3. The Morgan fingerprint density at radius 3 is 2.61 bits per heavy atom. The molecule has 0 aliphatic carbocycles. The van der Waals surface area contributed by atoms with Crippen LogP contribution in [0.3, 0.4) is 0 Å². The van der Waals surface area contributed by atoms with E-state index in [9.17, 15) is 5.11 Å². The minimum absolute atomic E-state index is 0.0808. The number of hydrogen-bond acceptors (Lipinski definition) is 5. The van der Waals surface area contributed by atoms with Crippen LogP contribution in [0.2, 0.25) is 0 Å². The summed E-state index contributed by atoms with van der Waals surface area (Å²) in [6, 6.07) is 10.5. The topological polar surface area (TPSA) is 53.7 Å². The molecule has 1 N–H and O–H groups in total. The van der Waals surface area contributed by atoms with Crippen LogP contribution in [0.15, 0.2) is 30.3 Å². The monoisotopic (exact) mass is 328 g/mol. The number of thiazole rings is 1. The maximum absolute atomic E-state index is 10.7. The molecule has 1 fully saturated rings. The Labute approximate surface area is 139 Å². The van der Waals surface area contributed by atoms with Crippen molar-refractivity contribution in [1.82, 2.24) is 19.5 Å². The molecule has 0 radical (unpaired) electrons. The van der Waals surface area contributed by atoms with E-state index in [1.165, 1.54) is 18.4 Å². The van der Waals surface area contributed by atoms with Crippen LogP contribution in [0.25, 0.3) is 4.96 Å². The number of hydrogen-bond donors (Lipinski definition) is 1. The quantitative estimate of drug-likeness (QED) is 0.799. The number of benzene rings is 1. The zero-order chi connectivity index (χ0) is 15.8. The third kappa shape index (κ3) is 2.52. The number of fused-ring (bicyclic) bond motifs is 1. The summed E-state index contributed by atoms with van der Waals surface area (Å²) < 4.78 is 1.59. The molecule has 0 amide bonds. The molecule has 2 aromatic heterocycles. The van der Waals surface area contributed by atoms with Crippen molar-refractivity contribution >= 4 is 16.3 Å². The Balaban J connectivity index is 1.82. The average Bonchev–Trinajstić information content (AvgIpc) is 3.29. The molecular weight excluding hydrogens is 308 g/mol. The average molecular weight is 328 g/mol. The number of aryl methyl sites for hydroxylation is 1. The number of rotatable bonds is 4. The zero-order valence-electron chi connectivity index (χ0n) is 13.1. The van der Waals surface area contributed by atoms with Gasteiger partial charge in [0.2, 0.25) is 10.8 Å². The van der Waals surface area contributed by atoms with E-state index in [0.29, 0.717) is 0 Å². The molecule has 1 aromatic carbocycles. The summed E-state index contributed by atoms with van der Waals surface area (Å²) in [5, 5.41) is 15.1. The summed E-state index contributed by atoms with van der Waals surface area (Å²) in [5.41, 5.74) is 1.21. The van der Waals surface area contributed by atoms with E-state index in [4.69, 9.17) is 0 Å². The molecule has 0 bridgehead atoms. The number of likely N-dealkylation sites (tertiary alicyclic amines) is 1. The third-order valence-corrected chi connectivity index (χ3v) is 5.50. The first-order chi connectivity index (χ1) is 11.3. The highest BCUT2D eigenvalue weighted by Crippen LogP contribution is 2.40. The molecule has 0 spiro atoms. The molecule has 3 aromatic rings. The normalized spacial score (nSPS) is 17.1. The van der Waals surface area contributed by atoms with E-state index in [2.05, 4.69) is 39.2 Å². The SMILES string of the molecule is CCc1nc2sc(C(c3ccccc3)N3CCCC3)c(O)n2n1. The third-order valence-electron chi connectivity index (χ3n) is 4.43. The second-order valence-electron chi connectivity index (χ2n) is 5.92. The van der Waals surface area contributed by atoms with Crippen LogP contribution in [-0.4, -0.2) is 37.7 Å². The predicted octanol–water partition coefficient (Wildman–Crippen LogP) is 3.24. The molecule has 1 saturated heterocycles. The highest BCUT2D eigenvalue weighted by atomic mass is 32.1. The van der Waals surface area contributed by atoms with Crippen molar-refractivity contribution in [2.75, 3.05) is 13.1 Å². The van der Waals surface area contributed by atoms with Crippen LogP contribution < -0.4 is 0 Å². The summed E-state index contributed by atoms with van der Waals surface area (Å²) in [7, 11) is 0. The molecule has 23 heavy (non-hydrogen) atoms. The highest BCUT2D eigenvalue weighted by molar-refractivity contribution is 7.17. The minimum Gasteiger partial charge on any atom is -0.492 e. The molecule has 1 aliphatic rings. The lowest BCUT2D eigenvalue weighted by Crippen LogP contribution is -2.26. The van der Waals surface area contributed by atoms with Crippen LogP contribution in [0.1, 0.15) is 42.1 Å². The molecule has 3 heterocycles. The lowest BCUT2D eigenvalue weighted by Gasteiger charge is -2.26. The van der Waals surface area contributed by atoms with Crippen LogP contribution in [-0.2, 0) is 6.42 Å². The summed E-state index contributed by atoms with van der Waals surface area (Å²) in [6.07, 6.45) is 3.20. The molecule has 5 nitrogen and oxygen atoms in total. The molecule has 1 atom stereocenters. The summed E-state index contributed by atoms with van der Waals surface area (Å²) in [4.78, 5) is 8.67. The molecule has 4 rings (SSSR count). The first-order valence-corrected chi connectivity index (χ1v) is 8.96. The van der Waals surface area contributed by atoms with Gasteiger partial charge in [-0.1, -0.05) is 48.6 Å². The van der Waals surface area contributed by atoms with E-state index in [1.54, 1.807) is 15.9 Å². The van der Waals surface area contributed by atoms with Gasteiger partial charge < -0.3 is 5.11 Å². The van der Waals surface area contributed by atoms with Gasteiger partial charge in [-0.2, -0.15) is 4.52 Å². The fourth-order valence-corrected chi connectivity index (χ4v) is 4.42. The Kier molecular flexibility index (Phi) is 3.79. The van der Waals surface area contributed by atoms with Crippen LogP contribution >= 0.6 is 11.3 Å². The maximum atomic E-state index is 10.7. The molecule has 0 saturated carbocycles. The number of nitrogens with zero attached hydrogens (tertiary/aromatic N) is 4. The summed E-state index contributed by atoms with van der Waals surface area (Å²) in [6.45, 7) is 4.15. The molecular formula is C17H20N4OS. The molecule has 1 aliphatic heterocycles. The first kappa shape index (κ1) is 14.7. The lowest BCUT2D eigenvalue weighted by molar-refractivity contribution is 0.277. The van der Waals surface area contributed by atoms with Crippen molar-refractivity contribution < 1.29 is 5.11 Å². The summed E-state index contributed by atoms with van der Waals surface area (Å²) >= 11 is 1.55. The molecule has 120 valence electrons. The lowest BCUT2D eigenvalue weighted by atomic mass is 10.0. The zero-order valence-corrected chi connectivity index (χ0v) is 14.0. The van der Waals surface area contributed by atoms with Gasteiger partial charge in [0.1, 0.15) is 0 Å². The van der Waals surface area contributed by atoms with Crippen LogP contribution in [0.4, 0.5) is 0 Å². The van der Waals surface area contributed by atoms with Gasteiger partial charge in [0.25, 0.3) is 0 Å². The Bertz CT molecular complexity index is 805. The standard InChI is InChI=1S/C17H20N4OS/c1-2-13-18-17-21(19-13)16(22)15(23-17)14(20-10-6-7-11-20)12-8-4-3-5-9-12/h3-5,8-9,14,22H,2,6-7,10-11H2,1H3. The van der Waals surface area contributed by atoms with E-state index >= 15 is 0 Å². The van der Waals surface area contributed by atoms with Gasteiger partial charge in [-0.25, -0.2) is 4.98 Å². The Hall–Kier alpha value is -1.92. The van der Waals surface area contributed by atoms with Gasteiger partial charge in [-0.05, 0) is 31.5 Å². The maximum Gasteiger partial charge on any atom is 0.230 e. The fourth-order valence-electron chi connectivity index (χ4n) is 3.28. The summed E-state index contributed by atoms with van der Waals surface area (Å²) in [5.74, 6) is 1.01. The second kappa shape index (κ2) is 5.94. The fraction of sp³-hybridized carbons (Fsp3) is 0.412. The van der Waals surface area contributed by atoms with Gasteiger partial charge >= 0.3 is 0 Å². The van der Waals surface area contributed by atoms with Crippen molar-refractivity contribution in [3.05, 3.63) is 46.6 Å². The van der Waals surface area contributed by atoms with Crippen molar-refractivity contribution in [2.24, 2.45) is 0 Å². The van der Waals surface area contributed by atoms with Crippen molar-refractivity contribution in [3.63, 3.8) is 0 Å². The first-order valence-electron chi connectivity index (χ1n) is 8.14. The second-order valence-corrected chi connectivity index (χ2v) is 6.93. The van der Waals surface area contributed by atoms with E-state index in [1.807, 2.05) is 13.0 Å². The van der Waals surface area contributed by atoms with E-state index in [-0.39, 0.29) is 11.9 Å². The van der Waals surface area contributed by atoms with Gasteiger partial charge in [-0.3, -0.25) is 4.90 Å². The molecule has 6 heteroatoms. The van der Waals surface area contributed by atoms with Crippen molar-refractivity contribution in [3.8, 4) is 5.88 Å². The van der Waals surface area contributed by atoms with E-state index < -0.39 is 0 Å². The predicted molar refractivity (Wildman–Crippen MR) is 91.0 cm³/mol. The number of aromatic hydroxyl groups is 1. The van der Waals surface area contributed by atoms with Crippen LogP contribution in [0, 0.1) is 0 Å². The van der Waals surface area contributed by atoms with Gasteiger partial charge in [0.05, 0.1) is 10.9 Å².